The predicted octanol–water partition coefficient (Wildman–Crippen LogP) is 1.90. The molecular weight excluding hydrogens is 214 g/mol. The minimum absolute atomic E-state index is 0.0516. The third kappa shape index (κ3) is 7.76. The van der Waals surface area contributed by atoms with E-state index in [1.807, 2.05) is 0 Å². The fourth-order valence-corrected chi connectivity index (χ4v) is 1.77. The van der Waals surface area contributed by atoms with Crippen molar-refractivity contribution in [2.75, 3.05) is 13.1 Å². The van der Waals surface area contributed by atoms with E-state index in [-0.39, 0.29) is 11.9 Å². The zero-order chi connectivity index (χ0) is 13.3. The number of carbonyl (C=O) groups excluding carboxylic acids is 1. The van der Waals surface area contributed by atoms with Crippen LogP contribution in [-0.4, -0.2) is 29.9 Å². The van der Waals surface area contributed by atoms with Gasteiger partial charge in [0.25, 0.3) is 0 Å². The lowest BCUT2D eigenvalue weighted by molar-refractivity contribution is -0.132. The molecule has 17 heavy (non-hydrogen) atoms. The van der Waals surface area contributed by atoms with Crippen LogP contribution in [0.3, 0.4) is 0 Å². The molecule has 4 heteroatoms. The van der Waals surface area contributed by atoms with Crippen molar-refractivity contribution >= 4 is 5.91 Å². The van der Waals surface area contributed by atoms with Gasteiger partial charge in [0.2, 0.25) is 5.91 Å². The number of nitrogens with zero attached hydrogens (tertiary/aromatic N) is 2. The first kappa shape index (κ1) is 15.9. The zero-order valence-electron chi connectivity index (χ0n) is 11.3. The van der Waals surface area contributed by atoms with Crippen LogP contribution in [0.1, 0.15) is 46.5 Å². The Kier molecular flexibility index (Phi) is 8.43. The molecule has 1 atom stereocenters. The first-order chi connectivity index (χ1) is 8.01. The molecule has 2 N–H and O–H groups in total. The summed E-state index contributed by atoms with van der Waals surface area (Å²) in [6.45, 7) is 7.43. The number of rotatable bonds is 8. The maximum atomic E-state index is 12.0. The van der Waals surface area contributed by atoms with Gasteiger partial charge in [0.05, 0.1) is 12.5 Å². The summed E-state index contributed by atoms with van der Waals surface area (Å²) in [5.74, 6) is 0.495. The highest BCUT2D eigenvalue weighted by Crippen LogP contribution is 2.06. The molecule has 0 aromatic heterocycles. The predicted molar refractivity (Wildman–Crippen MR) is 69.1 cm³/mol. The Hall–Kier alpha value is -1.08. The van der Waals surface area contributed by atoms with Crippen LogP contribution in [0.15, 0.2) is 0 Å². The van der Waals surface area contributed by atoms with Crippen LogP contribution in [0.25, 0.3) is 0 Å². The van der Waals surface area contributed by atoms with Crippen molar-refractivity contribution in [3.05, 3.63) is 0 Å². The Labute approximate surface area is 105 Å². The fourth-order valence-electron chi connectivity index (χ4n) is 1.77. The van der Waals surface area contributed by atoms with Gasteiger partial charge in [-0.25, -0.2) is 0 Å². The minimum Gasteiger partial charge on any atom is -0.341 e. The van der Waals surface area contributed by atoms with E-state index in [0.717, 1.165) is 12.8 Å². The van der Waals surface area contributed by atoms with Crippen LogP contribution in [0.5, 0.6) is 0 Å². The highest BCUT2D eigenvalue weighted by molar-refractivity contribution is 5.76. The molecule has 0 radical (unpaired) electrons. The van der Waals surface area contributed by atoms with Gasteiger partial charge < -0.3 is 10.6 Å². The standard InChI is InChI=1S/C13H25N3O/c1-4-6-12(15)9-13(17)16(8-5-7-14)10-11(2)3/h11-12H,4-6,8-10,15H2,1-3H3. The van der Waals surface area contributed by atoms with E-state index in [2.05, 4.69) is 26.8 Å². The second kappa shape index (κ2) is 9.00. The molecule has 0 aliphatic heterocycles. The lowest BCUT2D eigenvalue weighted by Crippen LogP contribution is -2.38. The first-order valence-corrected chi connectivity index (χ1v) is 6.41. The molecule has 0 aliphatic carbocycles. The van der Waals surface area contributed by atoms with Gasteiger partial charge in [-0.15, -0.1) is 0 Å². The Morgan fingerprint density at radius 1 is 1.47 bits per heavy atom. The molecule has 0 spiro atoms. The summed E-state index contributed by atoms with van der Waals surface area (Å²) in [7, 11) is 0. The average Bonchev–Trinajstić information content (AvgIpc) is 2.23. The van der Waals surface area contributed by atoms with E-state index in [1.54, 1.807) is 4.90 Å². The fraction of sp³-hybridized carbons (Fsp3) is 0.846. The van der Waals surface area contributed by atoms with Crippen molar-refractivity contribution in [1.29, 1.82) is 5.26 Å². The van der Waals surface area contributed by atoms with E-state index in [9.17, 15) is 4.79 Å². The molecule has 0 heterocycles. The Bertz CT molecular complexity index is 258. The summed E-state index contributed by atoms with van der Waals surface area (Å²) < 4.78 is 0. The molecule has 1 unspecified atom stereocenters. The van der Waals surface area contributed by atoms with Gasteiger partial charge in [-0.05, 0) is 12.3 Å². The zero-order valence-corrected chi connectivity index (χ0v) is 11.3. The molecule has 0 aliphatic rings. The maximum Gasteiger partial charge on any atom is 0.224 e. The van der Waals surface area contributed by atoms with E-state index in [4.69, 9.17) is 11.0 Å². The Morgan fingerprint density at radius 3 is 2.59 bits per heavy atom. The van der Waals surface area contributed by atoms with E-state index in [0.29, 0.717) is 31.8 Å². The highest BCUT2D eigenvalue weighted by Gasteiger charge is 2.17. The van der Waals surface area contributed by atoms with Crippen LogP contribution < -0.4 is 5.73 Å². The highest BCUT2D eigenvalue weighted by atomic mass is 16.2. The van der Waals surface area contributed by atoms with Crippen molar-refractivity contribution in [1.82, 2.24) is 4.90 Å². The summed E-state index contributed by atoms with van der Waals surface area (Å²) in [5.41, 5.74) is 5.87. The second-order valence-corrected chi connectivity index (χ2v) is 4.89. The number of nitrogens with two attached hydrogens (primary N) is 1. The van der Waals surface area contributed by atoms with E-state index >= 15 is 0 Å². The SMILES string of the molecule is CCCC(N)CC(=O)N(CCC#N)CC(C)C. The topological polar surface area (TPSA) is 70.1 Å². The number of nitriles is 1. The lowest BCUT2D eigenvalue weighted by Gasteiger charge is -2.25. The van der Waals surface area contributed by atoms with Crippen molar-refractivity contribution in [2.24, 2.45) is 11.7 Å². The molecular formula is C13H25N3O. The summed E-state index contributed by atoms with van der Waals surface area (Å²) in [5, 5.41) is 8.58. The average molecular weight is 239 g/mol. The quantitative estimate of drug-likeness (QED) is 0.703. The van der Waals surface area contributed by atoms with Crippen molar-refractivity contribution < 1.29 is 4.79 Å². The smallest absolute Gasteiger partial charge is 0.224 e. The van der Waals surface area contributed by atoms with Crippen molar-refractivity contribution in [2.45, 2.75) is 52.5 Å². The minimum atomic E-state index is -0.0516. The number of amides is 1. The molecule has 0 fully saturated rings. The largest absolute Gasteiger partial charge is 0.341 e. The summed E-state index contributed by atoms with van der Waals surface area (Å²) in [6.07, 6.45) is 2.66. The number of hydrogen-bond acceptors (Lipinski definition) is 3. The van der Waals surface area contributed by atoms with Crippen LogP contribution in [0, 0.1) is 17.2 Å². The molecule has 98 valence electrons. The normalized spacial score (nSPS) is 12.2. The van der Waals surface area contributed by atoms with Gasteiger partial charge in [-0.1, -0.05) is 27.2 Å². The molecule has 0 rings (SSSR count). The Balaban J connectivity index is 4.26. The second-order valence-electron chi connectivity index (χ2n) is 4.89. The van der Waals surface area contributed by atoms with Crippen LogP contribution >= 0.6 is 0 Å². The van der Waals surface area contributed by atoms with E-state index in [1.165, 1.54) is 0 Å². The molecule has 0 aromatic carbocycles. The summed E-state index contributed by atoms with van der Waals surface area (Å²) in [4.78, 5) is 13.8. The first-order valence-electron chi connectivity index (χ1n) is 6.41. The molecule has 0 aromatic rings. The third-order valence-electron chi connectivity index (χ3n) is 2.53. The van der Waals surface area contributed by atoms with Crippen LogP contribution in [0.4, 0.5) is 0 Å². The third-order valence-corrected chi connectivity index (χ3v) is 2.53. The van der Waals surface area contributed by atoms with Gasteiger partial charge in [-0.3, -0.25) is 4.79 Å². The van der Waals surface area contributed by atoms with Crippen molar-refractivity contribution in [3.8, 4) is 6.07 Å². The summed E-state index contributed by atoms with van der Waals surface area (Å²) >= 11 is 0. The maximum absolute atomic E-state index is 12.0. The lowest BCUT2D eigenvalue weighted by atomic mass is 10.1. The van der Waals surface area contributed by atoms with Crippen LogP contribution in [0.2, 0.25) is 0 Å². The van der Waals surface area contributed by atoms with Gasteiger partial charge in [-0.2, -0.15) is 5.26 Å². The van der Waals surface area contributed by atoms with Gasteiger partial charge >= 0.3 is 0 Å². The number of carbonyl (C=O) groups is 1. The monoisotopic (exact) mass is 239 g/mol. The van der Waals surface area contributed by atoms with Crippen LogP contribution in [-0.2, 0) is 4.79 Å². The molecule has 0 bridgehead atoms. The van der Waals surface area contributed by atoms with Gasteiger partial charge in [0.15, 0.2) is 0 Å². The van der Waals surface area contributed by atoms with E-state index < -0.39 is 0 Å². The van der Waals surface area contributed by atoms with Gasteiger partial charge in [0.1, 0.15) is 0 Å². The summed E-state index contributed by atoms with van der Waals surface area (Å²) in [6, 6.07) is 2.03. The molecule has 1 amide bonds. The molecule has 0 saturated carbocycles. The molecule has 0 saturated heterocycles. The molecule has 4 nitrogen and oxygen atoms in total. The van der Waals surface area contributed by atoms with Gasteiger partial charge in [0, 0.05) is 25.6 Å². The van der Waals surface area contributed by atoms with Crippen molar-refractivity contribution in [3.63, 3.8) is 0 Å². The Morgan fingerprint density at radius 2 is 2.12 bits per heavy atom. The number of hydrogen-bond donors (Lipinski definition) is 1.